The molecule has 0 saturated heterocycles. The van der Waals surface area contributed by atoms with Crippen LogP contribution >= 0.6 is 0 Å². The van der Waals surface area contributed by atoms with Crippen molar-refractivity contribution in [1.29, 1.82) is 0 Å². The third-order valence-electron chi connectivity index (χ3n) is 3.61. The van der Waals surface area contributed by atoms with E-state index in [9.17, 15) is 14.8 Å². The summed E-state index contributed by atoms with van der Waals surface area (Å²) in [6.07, 6.45) is -0.0871. The molecule has 0 unspecified atom stereocenters. The number of hydroxylamine groups is 2. The quantitative estimate of drug-likeness (QED) is 0.555. The number of amides is 2. The summed E-state index contributed by atoms with van der Waals surface area (Å²) in [7, 11) is 1.25. The molecule has 0 bridgehead atoms. The summed E-state index contributed by atoms with van der Waals surface area (Å²) in [5.74, 6) is 0.233. The fraction of sp³-hybridized carbons (Fsp3) is 0.333. The Bertz CT molecular complexity index is 829. The van der Waals surface area contributed by atoms with E-state index in [1.165, 1.54) is 19.2 Å². The molecule has 0 radical (unpaired) electrons. The Kier molecular flexibility index (Phi) is 7.00. The summed E-state index contributed by atoms with van der Waals surface area (Å²) >= 11 is 0. The Morgan fingerprint density at radius 3 is 1.96 bits per heavy atom. The molecule has 28 heavy (non-hydrogen) atoms. The fourth-order valence-electron chi connectivity index (χ4n) is 2.43. The SMILES string of the molecule is CC(C)Oc1ccc(C(=O)Nc2ccc(C(=O)N(C)O)cc2)cc1OC(C)C. The highest BCUT2D eigenvalue weighted by Crippen LogP contribution is 2.30. The molecule has 0 aliphatic carbocycles. The van der Waals surface area contributed by atoms with Crippen molar-refractivity contribution in [2.75, 3.05) is 12.4 Å². The minimum Gasteiger partial charge on any atom is -0.487 e. The van der Waals surface area contributed by atoms with E-state index in [1.807, 2.05) is 27.7 Å². The molecule has 2 amide bonds. The van der Waals surface area contributed by atoms with Gasteiger partial charge >= 0.3 is 0 Å². The van der Waals surface area contributed by atoms with Gasteiger partial charge in [-0.15, -0.1) is 0 Å². The number of nitrogens with one attached hydrogen (secondary N) is 1. The van der Waals surface area contributed by atoms with Crippen LogP contribution in [-0.4, -0.2) is 41.3 Å². The molecule has 0 fully saturated rings. The number of carbonyl (C=O) groups excluding carboxylic acids is 2. The van der Waals surface area contributed by atoms with Gasteiger partial charge in [-0.1, -0.05) is 0 Å². The van der Waals surface area contributed by atoms with Gasteiger partial charge in [0.05, 0.1) is 12.2 Å². The van der Waals surface area contributed by atoms with E-state index in [2.05, 4.69) is 5.32 Å². The van der Waals surface area contributed by atoms with Gasteiger partial charge in [-0.2, -0.15) is 0 Å². The number of rotatable bonds is 7. The van der Waals surface area contributed by atoms with Gasteiger partial charge in [0.1, 0.15) is 0 Å². The molecule has 2 aromatic carbocycles. The number of hydrogen-bond acceptors (Lipinski definition) is 5. The summed E-state index contributed by atoms with van der Waals surface area (Å²) in [5.41, 5.74) is 1.25. The first-order chi connectivity index (χ1) is 13.2. The van der Waals surface area contributed by atoms with Crippen molar-refractivity contribution in [3.8, 4) is 11.5 Å². The van der Waals surface area contributed by atoms with Crippen LogP contribution in [0.5, 0.6) is 11.5 Å². The predicted octanol–water partition coefficient (Wildman–Crippen LogP) is 3.97. The van der Waals surface area contributed by atoms with E-state index >= 15 is 0 Å². The van der Waals surface area contributed by atoms with Crippen molar-refractivity contribution in [1.82, 2.24) is 5.06 Å². The highest BCUT2D eigenvalue weighted by atomic mass is 16.5. The van der Waals surface area contributed by atoms with E-state index in [4.69, 9.17) is 9.47 Å². The molecule has 0 spiro atoms. The third-order valence-corrected chi connectivity index (χ3v) is 3.61. The second kappa shape index (κ2) is 9.23. The van der Waals surface area contributed by atoms with Crippen molar-refractivity contribution >= 4 is 17.5 Å². The van der Waals surface area contributed by atoms with Gasteiger partial charge in [-0.3, -0.25) is 14.8 Å². The summed E-state index contributed by atoms with van der Waals surface area (Å²) in [5, 5.41) is 12.5. The Hall–Kier alpha value is -3.06. The van der Waals surface area contributed by atoms with Crippen LogP contribution in [-0.2, 0) is 0 Å². The van der Waals surface area contributed by atoms with Gasteiger partial charge in [0, 0.05) is 23.9 Å². The molecule has 7 heteroatoms. The Morgan fingerprint density at radius 2 is 1.43 bits per heavy atom. The highest BCUT2D eigenvalue weighted by Gasteiger charge is 2.15. The zero-order valence-corrected chi connectivity index (χ0v) is 16.7. The minimum atomic E-state index is -0.533. The molecule has 2 rings (SSSR count). The minimum absolute atomic E-state index is 0.0200. The molecule has 0 aliphatic rings. The van der Waals surface area contributed by atoms with Crippen molar-refractivity contribution in [3.63, 3.8) is 0 Å². The van der Waals surface area contributed by atoms with E-state index in [0.717, 1.165) is 0 Å². The van der Waals surface area contributed by atoms with Crippen molar-refractivity contribution < 1.29 is 24.3 Å². The zero-order valence-electron chi connectivity index (χ0n) is 16.7. The van der Waals surface area contributed by atoms with Crippen LogP contribution in [0.15, 0.2) is 42.5 Å². The lowest BCUT2D eigenvalue weighted by atomic mass is 10.1. The Balaban J connectivity index is 2.18. The van der Waals surface area contributed by atoms with Crippen LogP contribution in [0.1, 0.15) is 48.4 Å². The first-order valence-corrected chi connectivity index (χ1v) is 9.03. The van der Waals surface area contributed by atoms with Crippen LogP contribution < -0.4 is 14.8 Å². The van der Waals surface area contributed by atoms with Gasteiger partial charge in [0.25, 0.3) is 11.8 Å². The predicted molar refractivity (Wildman–Crippen MR) is 106 cm³/mol. The highest BCUT2D eigenvalue weighted by molar-refractivity contribution is 6.05. The van der Waals surface area contributed by atoms with E-state index in [1.54, 1.807) is 30.3 Å². The molecule has 2 aromatic rings. The number of ether oxygens (including phenoxy) is 2. The topological polar surface area (TPSA) is 88.1 Å². The lowest BCUT2D eigenvalue weighted by Crippen LogP contribution is -2.22. The molecular weight excluding hydrogens is 360 g/mol. The van der Waals surface area contributed by atoms with Crippen LogP contribution in [0, 0.1) is 0 Å². The summed E-state index contributed by atoms with van der Waals surface area (Å²) in [6.45, 7) is 7.64. The zero-order chi connectivity index (χ0) is 20.8. The lowest BCUT2D eigenvalue weighted by molar-refractivity contribution is -0.0374. The van der Waals surface area contributed by atoms with Gasteiger partial charge in [0.15, 0.2) is 11.5 Å². The second-order valence-electron chi connectivity index (χ2n) is 6.85. The molecule has 0 aliphatic heterocycles. The van der Waals surface area contributed by atoms with Gasteiger partial charge in [-0.05, 0) is 70.2 Å². The summed E-state index contributed by atoms with van der Waals surface area (Å²) < 4.78 is 11.5. The number of benzene rings is 2. The maximum atomic E-state index is 12.6. The lowest BCUT2D eigenvalue weighted by Gasteiger charge is -2.18. The number of anilines is 1. The number of hydrogen-bond donors (Lipinski definition) is 2. The number of nitrogens with zero attached hydrogens (tertiary/aromatic N) is 1. The first-order valence-electron chi connectivity index (χ1n) is 9.03. The van der Waals surface area contributed by atoms with Crippen LogP contribution in [0.25, 0.3) is 0 Å². The van der Waals surface area contributed by atoms with Gasteiger partial charge in [-0.25, -0.2) is 5.06 Å². The van der Waals surface area contributed by atoms with Crippen LogP contribution in [0.4, 0.5) is 5.69 Å². The molecule has 0 saturated carbocycles. The number of carbonyl (C=O) groups is 2. The molecule has 0 atom stereocenters. The maximum absolute atomic E-state index is 12.6. The standard InChI is InChI=1S/C21H26N2O5/c1-13(2)27-18-11-8-16(12-19(18)28-14(3)4)20(24)22-17-9-6-15(7-10-17)21(25)23(5)26/h6-14,26H,1-5H3,(H,22,24). The Labute approximate surface area is 164 Å². The molecule has 0 heterocycles. The first kappa shape index (κ1) is 21.2. The molecular formula is C21H26N2O5. The summed E-state index contributed by atoms with van der Waals surface area (Å²) in [4.78, 5) is 24.3. The van der Waals surface area contributed by atoms with Gasteiger partial charge < -0.3 is 14.8 Å². The smallest absolute Gasteiger partial charge is 0.276 e. The monoisotopic (exact) mass is 386 g/mol. The molecule has 150 valence electrons. The average Bonchev–Trinajstić information content (AvgIpc) is 2.62. The molecule has 7 nitrogen and oxygen atoms in total. The van der Waals surface area contributed by atoms with E-state index < -0.39 is 5.91 Å². The Morgan fingerprint density at radius 1 is 0.893 bits per heavy atom. The van der Waals surface area contributed by atoms with Crippen LogP contribution in [0.3, 0.4) is 0 Å². The normalized spacial score (nSPS) is 10.7. The van der Waals surface area contributed by atoms with Crippen molar-refractivity contribution in [2.45, 2.75) is 39.9 Å². The van der Waals surface area contributed by atoms with Crippen LogP contribution in [0.2, 0.25) is 0 Å². The van der Waals surface area contributed by atoms with E-state index in [-0.39, 0.29) is 18.1 Å². The summed E-state index contributed by atoms with van der Waals surface area (Å²) in [6, 6.07) is 11.3. The second-order valence-corrected chi connectivity index (χ2v) is 6.85. The fourth-order valence-corrected chi connectivity index (χ4v) is 2.43. The van der Waals surface area contributed by atoms with E-state index in [0.29, 0.717) is 33.4 Å². The van der Waals surface area contributed by atoms with Gasteiger partial charge in [0.2, 0.25) is 0 Å². The largest absolute Gasteiger partial charge is 0.487 e. The molecule has 2 N–H and O–H groups in total. The maximum Gasteiger partial charge on any atom is 0.276 e. The van der Waals surface area contributed by atoms with Crippen molar-refractivity contribution in [3.05, 3.63) is 53.6 Å². The third kappa shape index (κ3) is 5.72. The average molecular weight is 386 g/mol. The van der Waals surface area contributed by atoms with Crippen molar-refractivity contribution in [2.24, 2.45) is 0 Å². The molecule has 0 aromatic heterocycles.